The minimum absolute atomic E-state index is 0.145. The highest BCUT2D eigenvalue weighted by Crippen LogP contribution is 2.23. The van der Waals surface area contributed by atoms with Crippen LogP contribution in [0.15, 0.2) is 9.52 Å². The smallest absolute Gasteiger partial charge is 0.193 e. The molecule has 1 aliphatic heterocycles. The molecule has 2 rings (SSSR count). The Kier molecular flexibility index (Phi) is 4.51. The van der Waals surface area contributed by atoms with Crippen molar-refractivity contribution in [3.63, 3.8) is 0 Å². The summed E-state index contributed by atoms with van der Waals surface area (Å²) in [6.07, 6.45) is 0. The molecule has 0 atom stereocenters. The molecule has 1 N–H and O–H groups in total. The molecule has 2 heterocycles. The second kappa shape index (κ2) is 5.91. The maximum absolute atomic E-state index is 12.1. The summed E-state index contributed by atoms with van der Waals surface area (Å²) in [5.74, 6) is 1.62. The van der Waals surface area contributed by atoms with Crippen molar-refractivity contribution in [1.29, 1.82) is 0 Å². The van der Waals surface area contributed by atoms with Crippen LogP contribution in [0.3, 0.4) is 0 Å². The number of rotatable bonds is 2. The summed E-state index contributed by atoms with van der Waals surface area (Å²) in [5.41, 5.74) is 1.85. The van der Waals surface area contributed by atoms with Crippen molar-refractivity contribution in [3.05, 3.63) is 17.0 Å². The van der Waals surface area contributed by atoms with Gasteiger partial charge in [0.05, 0.1) is 16.2 Å². The number of guanidine groups is 1. The van der Waals surface area contributed by atoms with Gasteiger partial charge in [-0.25, -0.2) is 8.42 Å². The SMILES string of the molecule is CN=C(NCc1c(C)noc1C)N1CCS(=O)(=O)C(C)(C)C1. The van der Waals surface area contributed by atoms with Crippen molar-refractivity contribution in [2.75, 3.05) is 25.9 Å². The van der Waals surface area contributed by atoms with Crippen LogP contribution >= 0.6 is 0 Å². The van der Waals surface area contributed by atoms with E-state index in [-0.39, 0.29) is 5.75 Å². The maximum atomic E-state index is 12.1. The summed E-state index contributed by atoms with van der Waals surface area (Å²) in [5, 5.41) is 7.20. The second-order valence-corrected chi connectivity index (χ2v) is 8.95. The molecule has 0 saturated carbocycles. The van der Waals surface area contributed by atoms with Crippen molar-refractivity contribution >= 4 is 15.8 Å². The zero-order valence-electron chi connectivity index (χ0n) is 13.8. The van der Waals surface area contributed by atoms with Crippen LogP contribution in [0.4, 0.5) is 0 Å². The highest BCUT2D eigenvalue weighted by Gasteiger charge is 2.40. The molecule has 1 fully saturated rings. The van der Waals surface area contributed by atoms with Crippen LogP contribution in [0.2, 0.25) is 0 Å². The molecular formula is C14H24N4O3S. The number of aryl methyl sites for hydroxylation is 2. The zero-order chi connectivity index (χ0) is 16.5. The topological polar surface area (TPSA) is 87.8 Å². The third-order valence-electron chi connectivity index (χ3n) is 4.16. The molecule has 0 bridgehead atoms. The third kappa shape index (κ3) is 3.11. The van der Waals surface area contributed by atoms with Crippen LogP contribution in [-0.2, 0) is 16.4 Å². The van der Waals surface area contributed by atoms with Crippen molar-refractivity contribution in [2.24, 2.45) is 4.99 Å². The normalized spacial score (nSPS) is 21.0. The lowest BCUT2D eigenvalue weighted by atomic mass is 10.2. The van der Waals surface area contributed by atoms with Crippen LogP contribution in [0, 0.1) is 13.8 Å². The van der Waals surface area contributed by atoms with E-state index < -0.39 is 14.6 Å². The van der Waals surface area contributed by atoms with Gasteiger partial charge in [0.25, 0.3) is 0 Å². The van der Waals surface area contributed by atoms with Crippen molar-refractivity contribution < 1.29 is 12.9 Å². The third-order valence-corrected chi connectivity index (χ3v) is 6.69. The first-order valence-electron chi connectivity index (χ1n) is 7.27. The summed E-state index contributed by atoms with van der Waals surface area (Å²) in [6.45, 7) is 8.72. The number of nitrogens with zero attached hydrogens (tertiary/aromatic N) is 3. The van der Waals surface area contributed by atoms with E-state index in [1.165, 1.54) is 0 Å². The van der Waals surface area contributed by atoms with E-state index in [0.29, 0.717) is 25.6 Å². The van der Waals surface area contributed by atoms with E-state index >= 15 is 0 Å². The molecular weight excluding hydrogens is 304 g/mol. The lowest BCUT2D eigenvalue weighted by molar-refractivity contribution is 0.353. The summed E-state index contributed by atoms with van der Waals surface area (Å²) >= 11 is 0. The van der Waals surface area contributed by atoms with E-state index in [0.717, 1.165) is 17.0 Å². The summed E-state index contributed by atoms with van der Waals surface area (Å²) < 4.78 is 28.5. The first kappa shape index (κ1) is 16.8. The fraction of sp³-hybridized carbons (Fsp3) is 0.714. The Morgan fingerprint density at radius 2 is 2.14 bits per heavy atom. The van der Waals surface area contributed by atoms with E-state index in [9.17, 15) is 8.42 Å². The Morgan fingerprint density at radius 1 is 1.45 bits per heavy atom. The van der Waals surface area contributed by atoms with Gasteiger partial charge in [-0.2, -0.15) is 0 Å². The standard InChI is InChI=1S/C14H24N4O3S/c1-10-12(11(2)21-17-10)8-16-13(15-5)18-6-7-22(19,20)14(3,4)9-18/h6-9H2,1-5H3,(H,15,16). The molecule has 0 radical (unpaired) electrons. The fourth-order valence-electron chi connectivity index (χ4n) is 2.58. The summed E-state index contributed by atoms with van der Waals surface area (Å²) in [4.78, 5) is 6.25. The number of aromatic nitrogens is 1. The van der Waals surface area contributed by atoms with E-state index in [1.807, 2.05) is 18.7 Å². The van der Waals surface area contributed by atoms with Crippen molar-refractivity contribution in [1.82, 2.24) is 15.4 Å². The first-order valence-corrected chi connectivity index (χ1v) is 8.93. The number of hydrogen-bond acceptors (Lipinski definition) is 5. The number of nitrogens with one attached hydrogen (secondary N) is 1. The number of sulfone groups is 1. The molecule has 1 saturated heterocycles. The Hall–Kier alpha value is -1.57. The Labute approximate surface area is 131 Å². The predicted octanol–water partition coefficient (Wildman–Crippen LogP) is 0.876. The lowest BCUT2D eigenvalue weighted by Gasteiger charge is -2.39. The average molecular weight is 328 g/mol. The van der Waals surface area contributed by atoms with E-state index in [4.69, 9.17) is 4.52 Å². The van der Waals surface area contributed by atoms with Gasteiger partial charge < -0.3 is 14.7 Å². The van der Waals surface area contributed by atoms with Crippen LogP contribution in [0.1, 0.15) is 30.9 Å². The van der Waals surface area contributed by atoms with Crippen LogP contribution in [0.5, 0.6) is 0 Å². The molecule has 0 aromatic carbocycles. The second-order valence-electron chi connectivity index (χ2n) is 6.20. The van der Waals surface area contributed by atoms with Crippen molar-refractivity contribution in [3.8, 4) is 0 Å². The van der Waals surface area contributed by atoms with Gasteiger partial charge in [-0.15, -0.1) is 0 Å². The Morgan fingerprint density at radius 3 is 2.64 bits per heavy atom. The van der Waals surface area contributed by atoms with Gasteiger partial charge in [-0.1, -0.05) is 5.16 Å². The number of aliphatic imine (C=N–C) groups is 1. The van der Waals surface area contributed by atoms with Gasteiger partial charge >= 0.3 is 0 Å². The van der Waals surface area contributed by atoms with Crippen LogP contribution < -0.4 is 5.32 Å². The van der Waals surface area contributed by atoms with Crippen LogP contribution in [0.25, 0.3) is 0 Å². The quantitative estimate of drug-likeness (QED) is 0.640. The fourth-order valence-corrected chi connectivity index (χ4v) is 3.94. The molecule has 0 spiro atoms. The summed E-state index contributed by atoms with van der Waals surface area (Å²) in [7, 11) is -1.36. The van der Waals surface area contributed by atoms with Gasteiger partial charge in [0.15, 0.2) is 15.8 Å². The molecule has 1 aromatic heterocycles. The van der Waals surface area contributed by atoms with E-state index in [1.54, 1.807) is 20.9 Å². The zero-order valence-corrected chi connectivity index (χ0v) is 14.6. The lowest BCUT2D eigenvalue weighted by Crippen LogP contribution is -2.57. The minimum Gasteiger partial charge on any atom is -0.361 e. The highest BCUT2D eigenvalue weighted by atomic mass is 32.2. The van der Waals surface area contributed by atoms with Gasteiger partial charge in [0, 0.05) is 32.2 Å². The molecule has 7 nitrogen and oxygen atoms in total. The van der Waals surface area contributed by atoms with Crippen molar-refractivity contribution in [2.45, 2.75) is 39.0 Å². The average Bonchev–Trinajstić information content (AvgIpc) is 2.74. The first-order chi connectivity index (χ1) is 10.2. The predicted molar refractivity (Wildman–Crippen MR) is 85.6 cm³/mol. The van der Waals surface area contributed by atoms with Gasteiger partial charge in [0.2, 0.25) is 0 Å². The minimum atomic E-state index is -3.06. The van der Waals surface area contributed by atoms with Gasteiger partial charge in [-0.3, -0.25) is 4.99 Å². The monoisotopic (exact) mass is 328 g/mol. The molecule has 0 aliphatic carbocycles. The molecule has 1 aromatic rings. The Bertz CT molecular complexity index is 657. The largest absolute Gasteiger partial charge is 0.361 e. The summed E-state index contributed by atoms with van der Waals surface area (Å²) in [6, 6.07) is 0. The molecule has 0 amide bonds. The van der Waals surface area contributed by atoms with E-state index in [2.05, 4.69) is 15.5 Å². The Balaban J connectivity index is 2.08. The van der Waals surface area contributed by atoms with Crippen LogP contribution in [-0.4, -0.2) is 55.1 Å². The number of hydrogen-bond donors (Lipinski definition) is 1. The van der Waals surface area contributed by atoms with Gasteiger partial charge in [-0.05, 0) is 27.7 Å². The molecule has 0 unspecified atom stereocenters. The molecule has 22 heavy (non-hydrogen) atoms. The highest BCUT2D eigenvalue weighted by molar-refractivity contribution is 7.92. The van der Waals surface area contributed by atoms with Gasteiger partial charge in [0.1, 0.15) is 5.76 Å². The maximum Gasteiger partial charge on any atom is 0.193 e. The molecule has 8 heteroatoms. The molecule has 124 valence electrons. The molecule has 1 aliphatic rings.